The Kier molecular flexibility index (Phi) is 5.83. The monoisotopic (exact) mass is 356 g/mol. The first-order valence-corrected chi connectivity index (χ1v) is 7.66. The van der Waals surface area contributed by atoms with E-state index in [1.807, 2.05) is 0 Å². The number of H-pyrrole nitrogens is 1. The number of amides is 1. The lowest BCUT2D eigenvalue weighted by Crippen LogP contribution is -2.16. The van der Waals surface area contributed by atoms with E-state index in [0.29, 0.717) is 22.2 Å². The van der Waals surface area contributed by atoms with Crippen molar-refractivity contribution in [2.75, 3.05) is 25.3 Å². The number of aromatic amines is 1. The van der Waals surface area contributed by atoms with Crippen molar-refractivity contribution in [3.05, 3.63) is 33.7 Å². The zero-order valence-corrected chi connectivity index (χ0v) is 13.8. The van der Waals surface area contributed by atoms with Gasteiger partial charge in [-0.25, -0.2) is 0 Å². The van der Waals surface area contributed by atoms with Gasteiger partial charge < -0.3 is 14.8 Å². The minimum atomic E-state index is -0.383. The van der Waals surface area contributed by atoms with Crippen LogP contribution in [0.25, 0.3) is 0 Å². The molecule has 0 fully saturated rings. The number of benzene rings is 1. The normalized spacial score (nSPS) is 10.2. The Morgan fingerprint density at radius 1 is 1.35 bits per heavy atom. The van der Waals surface area contributed by atoms with Crippen LogP contribution in [0, 0.1) is 0 Å². The Morgan fingerprint density at radius 2 is 2.09 bits per heavy atom. The van der Waals surface area contributed by atoms with Gasteiger partial charge in [0.1, 0.15) is 17.7 Å². The number of nitrogens with one attached hydrogen (secondary N) is 2. The van der Waals surface area contributed by atoms with Gasteiger partial charge in [-0.15, -0.1) is 5.10 Å². The highest BCUT2D eigenvalue weighted by molar-refractivity contribution is 7.99. The molecule has 0 aliphatic carbocycles. The quantitative estimate of drug-likeness (QED) is 0.756. The molecule has 0 aliphatic heterocycles. The smallest absolute Gasteiger partial charge is 0.270 e. The van der Waals surface area contributed by atoms with Gasteiger partial charge in [0.2, 0.25) is 5.91 Å². The molecule has 2 N–H and O–H groups in total. The molecule has 1 aromatic carbocycles. The summed E-state index contributed by atoms with van der Waals surface area (Å²) >= 11 is 7.08. The van der Waals surface area contributed by atoms with Crippen molar-refractivity contribution in [1.29, 1.82) is 0 Å². The van der Waals surface area contributed by atoms with Gasteiger partial charge >= 0.3 is 0 Å². The highest BCUT2D eigenvalue weighted by Crippen LogP contribution is 2.35. The summed E-state index contributed by atoms with van der Waals surface area (Å²) in [7, 11) is 2.95. The predicted octanol–water partition coefficient (Wildman–Crippen LogP) is 1.57. The molecule has 1 heterocycles. The van der Waals surface area contributed by atoms with Crippen LogP contribution >= 0.6 is 23.4 Å². The largest absolute Gasteiger partial charge is 0.495 e. The molecule has 23 heavy (non-hydrogen) atoms. The van der Waals surface area contributed by atoms with Crippen LogP contribution in [0.1, 0.15) is 0 Å². The summed E-state index contributed by atoms with van der Waals surface area (Å²) in [4.78, 5) is 25.6. The second-order valence-corrected chi connectivity index (χ2v) is 5.53. The van der Waals surface area contributed by atoms with E-state index >= 15 is 0 Å². The zero-order valence-electron chi connectivity index (χ0n) is 12.3. The average Bonchev–Trinajstić information content (AvgIpc) is 2.53. The molecule has 0 radical (unpaired) electrons. The lowest BCUT2D eigenvalue weighted by molar-refractivity contribution is -0.113. The molecule has 122 valence electrons. The zero-order chi connectivity index (χ0) is 16.8. The van der Waals surface area contributed by atoms with Crippen molar-refractivity contribution in [1.82, 2.24) is 15.2 Å². The van der Waals surface area contributed by atoms with Crippen LogP contribution in [0.4, 0.5) is 5.69 Å². The van der Waals surface area contributed by atoms with E-state index in [2.05, 4.69) is 20.5 Å². The molecule has 0 atom stereocenters. The average molecular weight is 357 g/mol. The first-order chi connectivity index (χ1) is 11.0. The van der Waals surface area contributed by atoms with Crippen LogP contribution in [0.2, 0.25) is 5.02 Å². The SMILES string of the molecule is COc1cc(OC)c(NC(=O)CSc2nncc(=O)[nH]2)cc1Cl. The topological polar surface area (TPSA) is 106 Å². The molecule has 1 amide bonds. The lowest BCUT2D eigenvalue weighted by Gasteiger charge is -2.12. The number of carbonyl (C=O) groups is 1. The third kappa shape index (κ3) is 4.60. The number of halogens is 1. The maximum Gasteiger partial charge on any atom is 0.270 e. The summed E-state index contributed by atoms with van der Waals surface area (Å²) < 4.78 is 10.3. The highest BCUT2D eigenvalue weighted by atomic mass is 35.5. The van der Waals surface area contributed by atoms with E-state index in [0.717, 1.165) is 18.0 Å². The molecule has 10 heteroatoms. The fourth-order valence-electron chi connectivity index (χ4n) is 1.64. The Balaban J connectivity index is 2.05. The minimum Gasteiger partial charge on any atom is -0.495 e. The summed E-state index contributed by atoms with van der Waals surface area (Å²) in [6.45, 7) is 0. The first kappa shape index (κ1) is 17.1. The number of carbonyl (C=O) groups excluding carboxylic acids is 1. The van der Waals surface area contributed by atoms with Crippen LogP contribution in [0.15, 0.2) is 28.3 Å². The van der Waals surface area contributed by atoms with Crippen molar-refractivity contribution >= 4 is 35.0 Å². The Morgan fingerprint density at radius 3 is 2.74 bits per heavy atom. The van der Waals surface area contributed by atoms with Gasteiger partial charge in [-0.05, 0) is 6.07 Å². The molecule has 2 rings (SSSR count). The third-order valence-electron chi connectivity index (χ3n) is 2.64. The lowest BCUT2D eigenvalue weighted by atomic mass is 10.2. The molecule has 1 aromatic heterocycles. The van der Waals surface area contributed by atoms with Gasteiger partial charge in [-0.2, -0.15) is 5.10 Å². The molecule has 2 aromatic rings. The number of anilines is 1. The van der Waals surface area contributed by atoms with Crippen molar-refractivity contribution in [3.8, 4) is 11.5 Å². The van der Waals surface area contributed by atoms with Crippen LogP contribution in [0.5, 0.6) is 11.5 Å². The van der Waals surface area contributed by atoms with E-state index in [9.17, 15) is 9.59 Å². The first-order valence-electron chi connectivity index (χ1n) is 6.29. The molecule has 0 saturated heterocycles. The molecular weight excluding hydrogens is 344 g/mol. The number of rotatable bonds is 6. The number of thioether (sulfide) groups is 1. The van der Waals surface area contributed by atoms with Crippen LogP contribution < -0.4 is 20.3 Å². The number of methoxy groups -OCH3 is 2. The third-order valence-corrected chi connectivity index (χ3v) is 3.80. The minimum absolute atomic E-state index is 0.0292. The fraction of sp³-hybridized carbons (Fsp3) is 0.231. The summed E-state index contributed by atoms with van der Waals surface area (Å²) in [5, 5.41) is 10.5. The predicted molar refractivity (Wildman–Crippen MR) is 86.6 cm³/mol. The van der Waals surface area contributed by atoms with Crippen molar-refractivity contribution in [3.63, 3.8) is 0 Å². The second-order valence-electron chi connectivity index (χ2n) is 4.16. The second kappa shape index (κ2) is 7.84. The number of nitrogens with zero attached hydrogens (tertiary/aromatic N) is 2. The molecule has 0 bridgehead atoms. The number of aromatic nitrogens is 3. The van der Waals surface area contributed by atoms with Gasteiger partial charge in [-0.1, -0.05) is 23.4 Å². The van der Waals surface area contributed by atoms with E-state index < -0.39 is 0 Å². The van der Waals surface area contributed by atoms with E-state index in [1.165, 1.54) is 20.3 Å². The standard InChI is InChI=1S/C13H13ClN4O4S/c1-21-9-4-10(22-2)8(3-7(9)14)16-12(20)6-23-13-17-11(19)5-15-18-13/h3-5H,6H2,1-2H3,(H,16,20)(H,17,18,19). The van der Waals surface area contributed by atoms with Crippen LogP contribution in [0.3, 0.4) is 0 Å². The van der Waals surface area contributed by atoms with Crippen LogP contribution in [-0.4, -0.2) is 41.1 Å². The van der Waals surface area contributed by atoms with Gasteiger partial charge in [0.25, 0.3) is 5.56 Å². The molecule has 8 nitrogen and oxygen atoms in total. The molecule has 0 spiro atoms. The van der Waals surface area contributed by atoms with E-state index in [-0.39, 0.29) is 22.4 Å². The number of hydrogen-bond donors (Lipinski definition) is 2. The van der Waals surface area contributed by atoms with Crippen molar-refractivity contribution in [2.45, 2.75) is 5.16 Å². The summed E-state index contributed by atoms with van der Waals surface area (Å²) in [6.07, 6.45) is 1.05. The maximum atomic E-state index is 12.0. The summed E-state index contributed by atoms with van der Waals surface area (Å²) in [5.74, 6) is 0.563. The molecule has 0 unspecified atom stereocenters. The van der Waals surface area contributed by atoms with E-state index in [4.69, 9.17) is 21.1 Å². The maximum absolute atomic E-state index is 12.0. The highest BCUT2D eigenvalue weighted by Gasteiger charge is 2.13. The number of ether oxygens (including phenoxy) is 2. The molecular formula is C13H13ClN4O4S. The number of hydrogen-bond acceptors (Lipinski definition) is 7. The Hall–Kier alpha value is -2.26. The van der Waals surface area contributed by atoms with E-state index in [1.54, 1.807) is 6.07 Å². The summed E-state index contributed by atoms with van der Waals surface area (Å²) in [5.41, 5.74) is 0.0306. The molecule has 0 saturated carbocycles. The van der Waals surface area contributed by atoms with Gasteiger partial charge in [0.05, 0.1) is 30.7 Å². The summed E-state index contributed by atoms with van der Waals surface area (Å²) in [6, 6.07) is 3.11. The Bertz CT molecular complexity index is 768. The molecule has 0 aliphatic rings. The fourth-order valence-corrected chi connectivity index (χ4v) is 2.50. The van der Waals surface area contributed by atoms with Crippen LogP contribution in [-0.2, 0) is 4.79 Å². The Labute approximate surface area is 140 Å². The van der Waals surface area contributed by atoms with Crippen molar-refractivity contribution in [2.24, 2.45) is 0 Å². The van der Waals surface area contributed by atoms with Gasteiger partial charge in [-0.3, -0.25) is 14.6 Å². The van der Waals surface area contributed by atoms with Crippen molar-refractivity contribution < 1.29 is 14.3 Å². The van der Waals surface area contributed by atoms with Gasteiger partial charge in [0, 0.05) is 6.07 Å². The van der Waals surface area contributed by atoms with Gasteiger partial charge in [0.15, 0.2) is 5.16 Å².